The predicted molar refractivity (Wildman–Crippen MR) is 247 cm³/mol. The van der Waals surface area contributed by atoms with E-state index in [0.29, 0.717) is 24.2 Å². The van der Waals surface area contributed by atoms with Crippen molar-refractivity contribution in [1.29, 1.82) is 0 Å². The Bertz CT molecular complexity index is 1690. The van der Waals surface area contributed by atoms with Crippen LogP contribution in [0.4, 0.5) is 11.4 Å². The Kier molecular flexibility index (Phi) is 24.3. The van der Waals surface area contributed by atoms with Crippen molar-refractivity contribution >= 4 is 49.9 Å². The van der Waals surface area contributed by atoms with Gasteiger partial charge in [0.05, 0.1) is 11.1 Å². The molecule has 1 aliphatic rings. The molecule has 0 saturated heterocycles. The van der Waals surface area contributed by atoms with Crippen molar-refractivity contribution in [2.45, 2.75) is 166 Å². The van der Waals surface area contributed by atoms with E-state index in [1.165, 1.54) is 64.2 Å². The zero-order valence-electron chi connectivity index (χ0n) is 37.1. The highest BCUT2D eigenvalue weighted by Gasteiger charge is 2.37. The predicted octanol–water partition coefficient (Wildman–Crippen LogP) is 9.23. The first kappa shape index (κ1) is 53.0. The zero-order valence-corrected chi connectivity index (χ0v) is 38.9. The lowest BCUT2D eigenvalue weighted by molar-refractivity contribution is -0.122. The minimum absolute atomic E-state index is 0.00460. The Balaban J connectivity index is 1.56. The molecule has 1 aliphatic carbocycles. The molecule has 0 aliphatic heterocycles. The minimum Gasteiger partial charge on any atom is -0.383 e. The quantitative estimate of drug-likeness (QED) is 0.0207. The van der Waals surface area contributed by atoms with Gasteiger partial charge in [-0.15, -0.1) is 0 Å². The van der Waals surface area contributed by atoms with Gasteiger partial charge in [0, 0.05) is 48.7 Å². The van der Waals surface area contributed by atoms with Gasteiger partial charge in [0.2, 0.25) is 11.8 Å². The maximum absolute atomic E-state index is 13.9. The largest absolute Gasteiger partial charge is 0.383 e. The molecule has 2 aromatic rings. The maximum Gasteiger partial charge on any atom is 0.337 e. The SMILES string of the molecule is CCCCCCCCCCCCC(C(=O)NCCNc1ccc(NCCNC(=O)C(CCCCCCCCCCCC)P(=O)(O)O)c2c1C(=O)c1ccccc1C2=O)P(=O)(O)O. The van der Waals surface area contributed by atoms with E-state index in [2.05, 4.69) is 35.1 Å². The number of fused-ring (bicyclic) bond motifs is 2. The van der Waals surface area contributed by atoms with Crippen molar-refractivity contribution < 1.29 is 47.9 Å². The molecule has 0 fully saturated rings. The van der Waals surface area contributed by atoms with Gasteiger partial charge in [0.1, 0.15) is 11.3 Å². The Morgan fingerprint density at radius 3 is 1.10 bits per heavy atom. The summed E-state index contributed by atoms with van der Waals surface area (Å²) in [4.78, 5) is 93.6. The second-order valence-corrected chi connectivity index (χ2v) is 20.3. The summed E-state index contributed by atoms with van der Waals surface area (Å²) in [5, 5.41) is 11.5. The molecule has 2 atom stereocenters. The number of carbonyl (C=O) groups is 4. The Hall–Kier alpha value is -3.38. The van der Waals surface area contributed by atoms with Gasteiger partial charge in [-0.25, -0.2) is 0 Å². The lowest BCUT2D eigenvalue weighted by Gasteiger charge is -2.24. The number of hydrogen-bond donors (Lipinski definition) is 8. The van der Waals surface area contributed by atoms with Crippen LogP contribution in [0.1, 0.15) is 187 Å². The van der Waals surface area contributed by atoms with Crippen molar-refractivity contribution in [3.05, 3.63) is 58.7 Å². The molecule has 0 aromatic heterocycles. The van der Waals surface area contributed by atoms with Gasteiger partial charge in [0.15, 0.2) is 11.6 Å². The number of hydrogen-bond acceptors (Lipinski definition) is 8. The van der Waals surface area contributed by atoms with Crippen molar-refractivity contribution in [3.63, 3.8) is 0 Å². The molecule has 0 spiro atoms. The summed E-state index contributed by atoms with van der Waals surface area (Å²) in [5.41, 5.74) is -1.57. The number of ketones is 2. The highest BCUT2D eigenvalue weighted by molar-refractivity contribution is 7.54. The topological polar surface area (TPSA) is 231 Å². The average Bonchev–Trinajstić information content (AvgIpc) is 3.23. The second-order valence-electron chi connectivity index (χ2n) is 16.7. The molecule has 62 heavy (non-hydrogen) atoms. The van der Waals surface area contributed by atoms with E-state index in [-0.39, 0.29) is 61.3 Å². The van der Waals surface area contributed by atoms with E-state index < -0.39 is 49.9 Å². The molecule has 0 saturated carbocycles. The number of anilines is 2. The summed E-state index contributed by atoms with van der Waals surface area (Å²) in [7, 11) is -9.41. The van der Waals surface area contributed by atoms with E-state index in [9.17, 15) is 47.9 Å². The van der Waals surface area contributed by atoms with Crippen LogP contribution in [0.5, 0.6) is 0 Å². The molecule has 2 aromatic carbocycles. The molecule has 8 N–H and O–H groups in total. The monoisotopic (exact) mass is 904 g/mol. The third-order valence-corrected chi connectivity index (χ3v) is 14.2. The highest BCUT2D eigenvalue weighted by atomic mass is 31.2. The summed E-state index contributed by atoms with van der Waals surface area (Å²) in [5.74, 6) is -2.27. The fourth-order valence-corrected chi connectivity index (χ4v) is 9.90. The third kappa shape index (κ3) is 18.0. The van der Waals surface area contributed by atoms with Gasteiger partial charge in [-0.3, -0.25) is 28.3 Å². The number of unbranched alkanes of at least 4 members (excludes halogenated alkanes) is 18. The number of carbonyl (C=O) groups excluding carboxylic acids is 4. The van der Waals surface area contributed by atoms with Crippen LogP contribution in [-0.4, -0.2) is 80.5 Å². The van der Waals surface area contributed by atoms with Crippen LogP contribution in [0, 0.1) is 0 Å². The fraction of sp³-hybridized carbons (Fsp3) is 0.652. The first-order valence-electron chi connectivity index (χ1n) is 23.2. The first-order valence-corrected chi connectivity index (χ1v) is 26.6. The number of nitrogens with one attached hydrogen (secondary N) is 4. The molecule has 2 unspecified atom stereocenters. The lowest BCUT2D eigenvalue weighted by Crippen LogP contribution is -2.37. The lowest BCUT2D eigenvalue weighted by atomic mass is 9.82. The molecule has 16 heteroatoms. The molecule has 14 nitrogen and oxygen atoms in total. The highest BCUT2D eigenvalue weighted by Crippen LogP contribution is 2.45. The smallest absolute Gasteiger partial charge is 0.337 e. The summed E-state index contributed by atoms with van der Waals surface area (Å²) in [6.45, 7) is 4.54. The summed E-state index contributed by atoms with van der Waals surface area (Å²) in [6.07, 6.45) is 21.3. The second kappa shape index (κ2) is 28.4. The van der Waals surface area contributed by atoms with E-state index in [1.807, 2.05) is 0 Å². The molecule has 3 rings (SSSR count). The third-order valence-electron chi connectivity index (χ3n) is 11.6. The summed E-state index contributed by atoms with van der Waals surface area (Å²) in [6, 6.07) is 9.69. The van der Waals surface area contributed by atoms with Crippen LogP contribution < -0.4 is 21.3 Å². The van der Waals surface area contributed by atoms with Crippen LogP contribution in [0.3, 0.4) is 0 Å². The molecule has 0 bridgehead atoms. The number of amides is 2. The molecular weight excluding hydrogens is 830 g/mol. The van der Waals surface area contributed by atoms with Crippen LogP contribution in [0.25, 0.3) is 0 Å². The number of benzene rings is 2. The average molecular weight is 905 g/mol. The minimum atomic E-state index is -4.71. The maximum atomic E-state index is 13.9. The van der Waals surface area contributed by atoms with Gasteiger partial charge in [-0.05, 0) is 25.0 Å². The van der Waals surface area contributed by atoms with Gasteiger partial charge in [-0.2, -0.15) is 0 Å². The molecule has 0 radical (unpaired) electrons. The summed E-state index contributed by atoms with van der Waals surface area (Å²) >= 11 is 0. The molecule has 2 amide bonds. The normalized spacial score (nSPS) is 13.6. The van der Waals surface area contributed by atoms with Crippen LogP contribution >= 0.6 is 15.2 Å². The van der Waals surface area contributed by atoms with Crippen molar-refractivity contribution in [1.82, 2.24) is 10.6 Å². The van der Waals surface area contributed by atoms with Crippen LogP contribution in [0.2, 0.25) is 0 Å². The molecular formula is C46H74N4O10P2. The van der Waals surface area contributed by atoms with E-state index >= 15 is 0 Å². The van der Waals surface area contributed by atoms with Crippen LogP contribution in [-0.2, 0) is 18.7 Å². The van der Waals surface area contributed by atoms with E-state index in [1.54, 1.807) is 36.4 Å². The van der Waals surface area contributed by atoms with Gasteiger partial charge >= 0.3 is 15.2 Å². The Morgan fingerprint density at radius 1 is 0.484 bits per heavy atom. The van der Waals surface area contributed by atoms with Crippen molar-refractivity contribution in [2.24, 2.45) is 0 Å². The van der Waals surface area contributed by atoms with E-state index in [0.717, 1.165) is 51.4 Å². The van der Waals surface area contributed by atoms with Crippen molar-refractivity contribution in [2.75, 3.05) is 36.8 Å². The van der Waals surface area contributed by atoms with Gasteiger partial charge in [-0.1, -0.05) is 167 Å². The Morgan fingerprint density at radius 2 is 0.790 bits per heavy atom. The fourth-order valence-electron chi connectivity index (χ4n) is 8.07. The van der Waals surface area contributed by atoms with Crippen molar-refractivity contribution in [3.8, 4) is 0 Å². The molecule has 348 valence electrons. The van der Waals surface area contributed by atoms with Crippen LogP contribution in [0.15, 0.2) is 36.4 Å². The number of rotatable bonds is 34. The zero-order chi connectivity index (χ0) is 45.4. The van der Waals surface area contributed by atoms with E-state index in [4.69, 9.17) is 0 Å². The van der Waals surface area contributed by atoms with Gasteiger partial charge in [0.25, 0.3) is 0 Å². The standard InChI is InChI=1S/C46H74N4O10P2/c1-3-5-7-9-11-13-15-17-19-21-27-39(61(55,56)57)45(53)49-33-31-47-37-29-30-38(42-41(37)43(51)35-25-23-24-26-36(35)44(42)52)48-32-34-50-46(54)40(62(58,59)60)28-22-20-18-16-14-12-10-8-6-4-2/h23-26,29-30,39-40,47-48H,3-22,27-28,31-34H2,1-2H3,(H,49,53)(H,50,54)(H2,55,56,57)(H2,58,59,60). The molecule has 0 heterocycles. The first-order chi connectivity index (χ1) is 29.7. The van der Waals surface area contributed by atoms with Gasteiger partial charge < -0.3 is 40.8 Å². The summed E-state index contributed by atoms with van der Waals surface area (Å²) < 4.78 is 24.5. The Labute approximate surface area is 369 Å².